The third-order valence-corrected chi connectivity index (χ3v) is 7.04. The van der Waals surface area contributed by atoms with E-state index in [1.165, 1.54) is 25.7 Å². The molecule has 5 heteroatoms. The molecule has 0 bridgehead atoms. The summed E-state index contributed by atoms with van der Waals surface area (Å²) in [5.41, 5.74) is 0. The van der Waals surface area contributed by atoms with Crippen LogP contribution in [0.2, 0.25) is 0 Å². The number of thioether (sulfide) groups is 1. The fourth-order valence-corrected chi connectivity index (χ4v) is 6.33. The Morgan fingerprint density at radius 3 is 2.39 bits per heavy atom. The van der Waals surface area contributed by atoms with Crippen LogP contribution in [0.25, 0.3) is 0 Å². The molecule has 3 rings (SSSR count). The maximum atomic E-state index is 10.3. The van der Waals surface area contributed by atoms with Crippen LogP contribution in [-0.2, 0) is 0 Å². The fourth-order valence-electron chi connectivity index (χ4n) is 3.69. The van der Waals surface area contributed by atoms with Crippen molar-refractivity contribution in [2.24, 2.45) is 5.92 Å². The Morgan fingerprint density at radius 1 is 1.06 bits per heavy atom. The standard InChI is InChI=1S/C13H22BrNO2S/c14-7-5-9(16)12(10(17)6-7)13-15-8-3-1-2-4-11(8)18-13/h7-13,15-17H,1-6H2. The average molecular weight is 336 g/mol. The lowest BCUT2D eigenvalue weighted by molar-refractivity contribution is -0.0242. The van der Waals surface area contributed by atoms with Crippen molar-refractivity contribution in [1.29, 1.82) is 0 Å². The summed E-state index contributed by atoms with van der Waals surface area (Å²) in [7, 11) is 0. The third-order valence-electron chi connectivity index (χ3n) is 4.63. The molecule has 3 fully saturated rings. The summed E-state index contributed by atoms with van der Waals surface area (Å²) >= 11 is 5.48. The largest absolute Gasteiger partial charge is 0.393 e. The molecule has 104 valence electrons. The lowest BCUT2D eigenvalue weighted by Crippen LogP contribution is -2.50. The van der Waals surface area contributed by atoms with Crippen molar-refractivity contribution in [3.63, 3.8) is 0 Å². The first-order chi connectivity index (χ1) is 8.65. The molecular weight excluding hydrogens is 314 g/mol. The van der Waals surface area contributed by atoms with Gasteiger partial charge in [0.1, 0.15) is 0 Å². The van der Waals surface area contributed by atoms with Gasteiger partial charge in [0.05, 0.1) is 17.6 Å². The predicted octanol–water partition coefficient (Wildman–Crippen LogP) is 1.86. The van der Waals surface area contributed by atoms with Crippen molar-refractivity contribution in [3.05, 3.63) is 0 Å². The maximum absolute atomic E-state index is 10.3. The second-order valence-electron chi connectivity index (χ2n) is 5.93. The summed E-state index contributed by atoms with van der Waals surface area (Å²) in [6, 6.07) is 0.606. The summed E-state index contributed by atoms with van der Waals surface area (Å²) in [5.74, 6) is -0.00519. The molecule has 0 spiro atoms. The molecule has 0 aromatic carbocycles. The number of alkyl halides is 1. The van der Waals surface area contributed by atoms with Crippen molar-refractivity contribution in [2.45, 2.75) is 72.2 Å². The van der Waals surface area contributed by atoms with E-state index in [2.05, 4.69) is 21.2 Å². The van der Waals surface area contributed by atoms with Gasteiger partial charge in [-0.05, 0) is 25.7 Å². The van der Waals surface area contributed by atoms with Gasteiger partial charge >= 0.3 is 0 Å². The highest BCUT2D eigenvalue weighted by molar-refractivity contribution is 9.09. The first kappa shape index (κ1) is 13.7. The van der Waals surface area contributed by atoms with Crippen molar-refractivity contribution in [2.75, 3.05) is 0 Å². The highest BCUT2D eigenvalue weighted by Gasteiger charge is 2.46. The van der Waals surface area contributed by atoms with E-state index < -0.39 is 0 Å². The third kappa shape index (κ3) is 2.62. The molecule has 3 nitrogen and oxygen atoms in total. The first-order valence-electron chi connectivity index (χ1n) is 7.07. The van der Waals surface area contributed by atoms with Crippen molar-refractivity contribution >= 4 is 27.7 Å². The van der Waals surface area contributed by atoms with E-state index >= 15 is 0 Å². The van der Waals surface area contributed by atoms with Gasteiger partial charge in [-0.2, -0.15) is 0 Å². The molecule has 2 saturated carbocycles. The maximum Gasteiger partial charge on any atom is 0.0627 e. The minimum Gasteiger partial charge on any atom is -0.393 e. The van der Waals surface area contributed by atoms with Crippen molar-refractivity contribution in [3.8, 4) is 0 Å². The van der Waals surface area contributed by atoms with E-state index in [1.807, 2.05) is 11.8 Å². The molecule has 0 aromatic heterocycles. The Morgan fingerprint density at radius 2 is 1.72 bits per heavy atom. The predicted molar refractivity (Wildman–Crippen MR) is 78.0 cm³/mol. The van der Waals surface area contributed by atoms with E-state index in [1.54, 1.807) is 0 Å². The van der Waals surface area contributed by atoms with Crippen LogP contribution >= 0.6 is 27.7 Å². The molecule has 5 unspecified atom stereocenters. The van der Waals surface area contributed by atoms with Crippen LogP contribution in [0.4, 0.5) is 0 Å². The number of halogens is 1. The summed E-state index contributed by atoms with van der Waals surface area (Å²) < 4.78 is 0. The van der Waals surface area contributed by atoms with Crippen LogP contribution < -0.4 is 5.32 Å². The Labute approximate surface area is 121 Å². The summed E-state index contributed by atoms with van der Waals surface area (Å²) in [6.45, 7) is 0. The highest BCUT2D eigenvalue weighted by atomic mass is 79.9. The molecule has 2 aliphatic carbocycles. The zero-order valence-corrected chi connectivity index (χ0v) is 12.9. The van der Waals surface area contributed by atoms with Gasteiger partial charge in [0, 0.05) is 22.0 Å². The van der Waals surface area contributed by atoms with Crippen LogP contribution in [0.5, 0.6) is 0 Å². The first-order valence-corrected chi connectivity index (χ1v) is 8.92. The zero-order valence-electron chi connectivity index (χ0n) is 10.5. The normalized spacial score (nSPS) is 53.2. The minimum absolute atomic E-state index is 0.00519. The number of rotatable bonds is 1. The monoisotopic (exact) mass is 335 g/mol. The Kier molecular flexibility index (Phi) is 4.26. The molecule has 0 amide bonds. The van der Waals surface area contributed by atoms with Crippen molar-refractivity contribution in [1.82, 2.24) is 5.32 Å². The van der Waals surface area contributed by atoms with E-state index in [4.69, 9.17) is 0 Å². The second-order valence-corrected chi connectivity index (χ2v) is 8.61. The fraction of sp³-hybridized carbons (Fsp3) is 1.00. The Balaban J connectivity index is 1.67. The van der Waals surface area contributed by atoms with Crippen LogP contribution in [-0.4, -0.2) is 43.9 Å². The Hall–Kier alpha value is 0.710. The molecular formula is C13H22BrNO2S. The quantitative estimate of drug-likeness (QED) is 0.640. The SMILES string of the molecule is OC1CC(Br)CC(O)C1C1NC2CCCCC2S1. The smallest absolute Gasteiger partial charge is 0.0627 e. The molecule has 1 aliphatic heterocycles. The van der Waals surface area contributed by atoms with Crippen molar-refractivity contribution < 1.29 is 10.2 Å². The average Bonchev–Trinajstić information content (AvgIpc) is 2.70. The second kappa shape index (κ2) is 5.60. The van der Waals surface area contributed by atoms with Crippen LogP contribution in [0, 0.1) is 5.92 Å². The lowest BCUT2D eigenvalue weighted by Gasteiger charge is -2.38. The molecule has 0 aromatic rings. The van der Waals surface area contributed by atoms with Gasteiger partial charge in [0.25, 0.3) is 0 Å². The molecule has 18 heavy (non-hydrogen) atoms. The van der Waals surface area contributed by atoms with E-state index in [9.17, 15) is 10.2 Å². The molecule has 0 radical (unpaired) electrons. The van der Waals surface area contributed by atoms with Gasteiger partial charge in [0.2, 0.25) is 0 Å². The summed E-state index contributed by atoms with van der Waals surface area (Å²) in [5, 5.41) is 25.1. The van der Waals surface area contributed by atoms with Gasteiger partial charge < -0.3 is 15.5 Å². The van der Waals surface area contributed by atoms with E-state index in [0.717, 1.165) is 12.8 Å². The number of aliphatic hydroxyl groups excluding tert-OH is 2. The molecule has 5 atom stereocenters. The zero-order chi connectivity index (χ0) is 12.7. The van der Waals surface area contributed by atoms with Gasteiger partial charge in [-0.15, -0.1) is 11.8 Å². The molecule has 3 aliphatic rings. The molecule has 1 saturated heterocycles. The number of hydrogen-bond acceptors (Lipinski definition) is 4. The van der Waals surface area contributed by atoms with Gasteiger partial charge in [-0.25, -0.2) is 0 Å². The molecule has 1 heterocycles. The summed E-state index contributed by atoms with van der Waals surface area (Å²) in [6.07, 6.45) is 5.95. The van der Waals surface area contributed by atoms with Crippen LogP contribution in [0.3, 0.4) is 0 Å². The molecule has 3 N–H and O–H groups in total. The van der Waals surface area contributed by atoms with Gasteiger partial charge in [-0.1, -0.05) is 28.8 Å². The minimum atomic E-state index is -0.386. The number of fused-ring (bicyclic) bond motifs is 1. The van der Waals surface area contributed by atoms with E-state index in [0.29, 0.717) is 11.3 Å². The van der Waals surface area contributed by atoms with Gasteiger partial charge in [-0.3, -0.25) is 0 Å². The number of nitrogens with one attached hydrogen (secondary N) is 1. The Bertz CT molecular complexity index is 281. The number of aliphatic hydroxyl groups is 2. The van der Waals surface area contributed by atoms with Gasteiger partial charge in [0.15, 0.2) is 0 Å². The van der Waals surface area contributed by atoms with Crippen LogP contribution in [0.1, 0.15) is 38.5 Å². The summed E-state index contributed by atoms with van der Waals surface area (Å²) in [4.78, 5) is 0.257. The lowest BCUT2D eigenvalue weighted by atomic mass is 9.83. The highest BCUT2D eigenvalue weighted by Crippen LogP contribution is 2.43. The topological polar surface area (TPSA) is 52.5 Å². The van der Waals surface area contributed by atoms with Crippen LogP contribution in [0.15, 0.2) is 0 Å². The van der Waals surface area contributed by atoms with E-state index in [-0.39, 0.29) is 28.3 Å². The number of hydrogen-bond donors (Lipinski definition) is 3.